The number of amides is 5. The average molecular weight is 1090 g/mol. The number of carbonyl (C=O) groups excluding carboxylic acids is 8. The molecule has 0 bridgehead atoms. The zero-order chi connectivity index (χ0) is 57.4. The third-order valence-corrected chi connectivity index (χ3v) is 15.2. The van der Waals surface area contributed by atoms with Crippen LogP contribution in [0.1, 0.15) is 126 Å². The van der Waals surface area contributed by atoms with Crippen molar-refractivity contribution in [1.29, 1.82) is 0 Å². The Hall–Kier alpha value is -4.55. The van der Waals surface area contributed by atoms with Gasteiger partial charge in [0.15, 0.2) is 17.3 Å². The van der Waals surface area contributed by atoms with Gasteiger partial charge in [-0.25, -0.2) is 4.79 Å². The number of nitrogens with one attached hydrogen (secondary N) is 4. The SMILES string of the molecule is CC[C@H](C)[C@@H]([C@@H](CC(=O)N1CCC[C@H]1C(OC)[C@@H](C)C(=O)N[C@H](C(=O)C[C@@H](CCC(=O)O)C(=O)N[C@@H](CCC(=O)[C@H](CN)NC(=O)CCSC)C(=O)O)C(C)O)OC)N(C)C(=O)[C@@H](CC(=O)[C@@H](NC)C(C)C)C(C)C. The molecule has 430 valence electrons. The molecule has 1 saturated heterocycles. The van der Waals surface area contributed by atoms with Crippen LogP contribution in [0.4, 0.5) is 0 Å². The number of ether oxygens (including phenoxy) is 2. The average Bonchev–Trinajstić information content (AvgIpc) is 3.84. The number of aliphatic carboxylic acids is 2. The van der Waals surface area contributed by atoms with Crippen molar-refractivity contribution >= 4 is 70.6 Å². The van der Waals surface area contributed by atoms with Crippen LogP contribution in [0.15, 0.2) is 0 Å². The Kier molecular flexibility index (Phi) is 31.3. The van der Waals surface area contributed by atoms with E-state index in [1.54, 1.807) is 23.9 Å². The number of nitrogens with two attached hydrogens (primary N) is 1. The standard InChI is InChI=1S/C52H91N7O15S/c1-14-30(6)47(58(10)51(70)34(28(2)3)25-40(63)45(54-9)29(4)5)41(73-11)26-43(65)59-22-15-16-37(59)48(74-12)31(7)49(68)57-46(32(8)60)39(62)24-33(17-20-44(66)67)50(69)56-35(52(71)72)18-19-38(61)36(27-53)55-42(64)21-23-75-13/h28-37,41,45-48,54,60H,14-27,53H2,1-13H3,(H,55,64)(H,56,69)(H,57,68)(H,66,67)(H,71,72)/t30-,31+,32?,33+,34-,35-,36-,37-,41+,45-,46-,47-,48?/m0/s1. The quantitative estimate of drug-likeness (QED) is 0.0437. The van der Waals surface area contributed by atoms with Gasteiger partial charge in [0.05, 0.1) is 54.8 Å². The van der Waals surface area contributed by atoms with E-state index >= 15 is 0 Å². The lowest BCUT2D eigenvalue weighted by atomic mass is 9.84. The van der Waals surface area contributed by atoms with Crippen molar-refractivity contribution in [2.24, 2.45) is 41.2 Å². The molecule has 2 unspecified atom stereocenters. The summed E-state index contributed by atoms with van der Waals surface area (Å²) in [6, 6.07) is -5.95. The minimum atomic E-state index is -1.66. The Balaban J connectivity index is 3.32. The number of hydrogen-bond acceptors (Lipinski definition) is 16. The van der Waals surface area contributed by atoms with Crippen molar-refractivity contribution in [1.82, 2.24) is 31.1 Å². The molecule has 75 heavy (non-hydrogen) atoms. The fourth-order valence-electron chi connectivity index (χ4n) is 9.87. The number of likely N-dealkylation sites (N-methyl/N-ethyl adjacent to an activating group) is 2. The number of carboxylic acids is 2. The van der Waals surface area contributed by atoms with Crippen LogP contribution in [0.2, 0.25) is 0 Å². The van der Waals surface area contributed by atoms with E-state index in [0.717, 1.165) is 0 Å². The maximum absolute atomic E-state index is 14.4. The Morgan fingerprint density at radius 3 is 1.89 bits per heavy atom. The first-order valence-corrected chi connectivity index (χ1v) is 27.7. The van der Waals surface area contributed by atoms with Gasteiger partial charge in [0.2, 0.25) is 29.5 Å². The third-order valence-electron chi connectivity index (χ3n) is 14.6. The summed E-state index contributed by atoms with van der Waals surface area (Å²) >= 11 is 1.43. The van der Waals surface area contributed by atoms with Crippen LogP contribution in [0.5, 0.6) is 0 Å². The number of aliphatic hydroxyl groups is 1. The molecular formula is C52H91N7O15S. The highest BCUT2D eigenvalue weighted by molar-refractivity contribution is 7.98. The summed E-state index contributed by atoms with van der Waals surface area (Å²) < 4.78 is 11.9. The highest BCUT2D eigenvalue weighted by atomic mass is 32.2. The number of carbonyl (C=O) groups is 10. The molecule has 0 aliphatic carbocycles. The van der Waals surface area contributed by atoms with Gasteiger partial charge in [-0.15, -0.1) is 0 Å². The van der Waals surface area contributed by atoms with Crippen LogP contribution in [-0.2, 0) is 57.4 Å². The Morgan fingerprint density at radius 2 is 1.40 bits per heavy atom. The molecule has 0 radical (unpaired) electrons. The topological polar surface area (TPSA) is 330 Å². The first-order chi connectivity index (χ1) is 35.2. The van der Waals surface area contributed by atoms with E-state index in [9.17, 15) is 63.3 Å². The summed E-state index contributed by atoms with van der Waals surface area (Å²) in [5, 5.41) is 40.7. The molecular weight excluding hydrogens is 995 g/mol. The molecule has 0 aromatic carbocycles. The van der Waals surface area contributed by atoms with Gasteiger partial charge >= 0.3 is 11.9 Å². The zero-order valence-corrected chi connectivity index (χ0v) is 47.5. The van der Waals surface area contributed by atoms with E-state index in [4.69, 9.17) is 15.2 Å². The van der Waals surface area contributed by atoms with E-state index in [1.807, 2.05) is 47.8 Å². The second-order valence-electron chi connectivity index (χ2n) is 20.7. The van der Waals surface area contributed by atoms with Gasteiger partial charge in [-0.2, -0.15) is 11.8 Å². The van der Waals surface area contributed by atoms with Gasteiger partial charge in [-0.1, -0.05) is 54.9 Å². The summed E-state index contributed by atoms with van der Waals surface area (Å²) in [5.74, 6) is -9.85. The van der Waals surface area contributed by atoms with Crippen LogP contribution in [0.3, 0.4) is 0 Å². The molecule has 1 rings (SSSR count). The molecule has 0 aromatic rings. The number of likely N-dealkylation sites (tertiary alicyclic amines) is 1. The first-order valence-electron chi connectivity index (χ1n) is 26.3. The number of rotatable bonds is 38. The summed E-state index contributed by atoms with van der Waals surface area (Å²) in [5.41, 5.74) is 5.70. The van der Waals surface area contributed by atoms with Gasteiger partial charge in [0.1, 0.15) is 12.1 Å². The fraction of sp³-hybridized carbons (Fsp3) is 0.808. The highest BCUT2D eigenvalue weighted by Gasteiger charge is 2.44. The minimum Gasteiger partial charge on any atom is -0.481 e. The molecule has 22 nitrogen and oxygen atoms in total. The predicted octanol–water partition coefficient (Wildman–Crippen LogP) is 1.80. The van der Waals surface area contributed by atoms with E-state index in [2.05, 4.69) is 21.3 Å². The second-order valence-corrected chi connectivity index (χ2v) is 21.6. The zero-order valence-electron chi connectivity index (χ0n) is 46.7. The molecule has 0 saturated carbocycles. The lowest BCUT2D eigenvalue weighted by Crippen LogP contribution is -2.55. The highest BCUT2D eigenvalue weighted by Crippen LogP contribution is 2.31. The van der Waals surface area contributed by atoms with E-state index in [1.165, 1.54) is 39.8 Å². The van der Waals surface area contributed by atoms with Crippen LogP contribution < -0.4 is 27.0 Å². The number of methoxy groups -OCH3 is 2. The van der Waals surface area contributed by atoms with Crippen LogP contribution in [-0.4, -0.2) is 192 Å². The molecule has 0 spiro atoms. The lowest BCUT2D eigenvalue weighted by Gasteiger charge is -2.41. The largest absolute Gasteiger partial charge is 0.481 e. The van der Waals surface area contributed by atoms with E-state index in [-0.39, 0.29) is 61.2 Å². The van der Waals surface area contributed by atoms with Crippen LogP contribution in [0, 0.1) is 35.5 Å². The number of Topliss-reactive ketones (excluding diaryl/α,β-unsaturated/α-hetero) is 3. The maximum atomic E-state index is 14.4. The number of aliphatic hydroxyl groups excluding tert-OH is 1. The van der Waals surface area contributed by atoms with Crippen molar-refractivity contribution in [3.63, 3.8) is 0 Å². The van der Waals surface area contributed by atoms with Gasteiger partial charge in [0.25, 0.3) is 0 Å². The molecule has 1 heterocycles. The lowest BCUT2D eigenvalue weighted by molar-refractivity contribution is -0.149. The summed E-state index contributed by atoms with van der Waals surface area (Å²) in [6.07, 6.45) is -2.21. The van der Waals surface area contributed by atoms with Crippen molar-refractivity contribution < 1.29 is 72.7 Å². The molecule has 0 aromatic heterocycles. The van der Waals surface area contributed by atoms with Crippen LogP contribution >= 0.6 is 11.8 Å². The molecule has 9 N–H and O–H groups in total. The molecule has 23 heteroatoms. The van der Waals surface area contributed by atoms with Crippen molar-refractivity contribution in [2.75, 3.05) is 53.4 Å². The van der Waals surface area contributed by atoms with E-state index in [0.29, 0.717) is 31.6 Å². The Morgan fingerprint density at radius 1 is 0.773 bits per heavy atom. The Labute approximate surface area is 448 Å². The number of carboxylic acid groups (broad SMARTS) is 2. The molecule has 1 aliphatic rings. The maximum Gasteiger partial charge on any atom is 0.326 e. The summed E-state index contributed by atoms with van der Waals surface area (Å²) in [6.45, 7) is 14.5. The molecule has 1 fully saturated rings. The monoisotopic (exact) mass is 1090 g/mol. The molecule has 13 atom stereocenters. The van der Waals surface area contributed by atoms with Gasteiger partial charge < -0.3 is 61.6 Å². The summed E-state index contributed by atoms with van der Waals surface area (Å²) in [4.78, 5) is 136. The smallest absolute Gasteiger partial charge is 0.326 e. The van der Waals surface area contributed by atoms with Crippen molar-refractivity contribution in [2.45, 2.75) is 181 Å². The number of nitrogens with zero attached hydrogens (tertiary/aromatic N) is 2. The first kappa shape index (κ1) is 68.5. The molecule has 1 aliphatic heterocycles. The Bertz CT molecular complexity index is 1910. The summed E-state index contributed by atoms with van der Waals surface area (Å²) in [7, 11) is 6.28. The third kappa shape index (κ3) is 21.4. The number of ketones is 3. The van der Waals surface area contributed by atoms with Gasteiger partial charge in [-0.3, -0.25) is 43.2 Å². The number of hydrogen-bond donors (Lipinski definition) is 8. The van der Waals surface area contributed by atoms with Crippen LogP contribution in [0.25, 0.3) is 0 Å². The predicted molar refractivity (Wildman–Crippen MR) is 283 cm³/mol. The minimum absolute atomic E-state index is 0.0226. The van der Waals surface area contributed by atoms with E-state index < -0.39 is 146 Å². The number of thioether (sulfide) groups is 1. The van der Waals surface area contributed by atoms with Gasteiger partial charge in [0, 0.05) is 84.0 Å². The second kappa shape index (κ2) is 34.3. The van der Waals surface area contributed by atoms with Crippen molar-refractivity contribution in [3.05, 3.63) is 0 Å². The van der Waals surface area contributed by atoms with Gasteiger partial charge in [-0.05, 0) is 63.7 Å². The van der Waals surface area contributed by atoms with Crippen molar-refractivity contribution in [3.8, 4) is 0 Å². The molecule has 5 amide bonds. The normalized spacial score (nSPS) is 18.5. The fourth-order valence-corrected chi connectivity index (χ4v) is 10.3.